The van der Waals surface area contributed by atoms with Gasteiger partial charge >= 0.3 is 0 Å². The first-order valence-electron chi connectivity index (χ1n) is 7.03. The second-order valence-corrected chi connectivity index (χ2v) is 5.98. The molecule has 2 atom stereocenters. The van der Waals surface area contributed by atoms with Gasteiger partial charge in [-0.1, -0.05) is 18.5 Å². The molecule has 1 aliphatic heterocycles. The van der Waals surface area contributed by atoms with Gasteiger partial charge < -0.3 is 10.2 Å². The van der Waals surface area contributed by atoms with Crippen molar-refractivity contribution in [1.29, 1.82) is 0 Å². The van der Waals surface area contributed by atoms with Crippen LogP contribution in [0.1, 0.15) is 26.2 Å². The number of benzene rings is 1. The lowest BCUT2D eigenvalue weighted by Crippen LogP contribution is -2.57. The number of anilines is 1. The molecule has 98 valence electrons. The van der Waals surface area contributed by atoms with E-state index in [0.29, 0.717) is 12.1 Å². The van der Waals surface area contributed by atoms with Crippen molar-refractivity contribution in [2.24, 2.45) is 5.92 Å². The molecule has 0 spiro atoms. The zero-order chi connectivity index (χ0) is 12.5. The maximum Gasteiger partial charge on any atom is 0.0412 e. The fourth-order valence-electron chi connectivity index (χ4n) is 2.95. The lowest BCUT2D eigenvalue weighted by molar-refractivity contribution is 0.360. The average molecular weight is 265 g/mol. The van der Waals surface area contributed by atoms with E-state index in [0.717, 1.165) is 24.0 Å². The first kappa shape index (κ1) is 12.3. The largest absolute Gasteiger partial charge is 0.366 e. The molecule has 0 radical (unpaired) electrons. The monoisotopic (exact) mass is 264 g/mol. The van der Waals surface area contributed by atoms with Crippen LogP contribution < -0.4 is 10.2 Å². The van der Waals surface area contributed by atoms with Crippen molar-refractivity contribution < 1.29 is 0 Å². The Balaban J connectivity index is 1.78. The van der Waals surface area contributed by atoms with Gasteiger partial charge in [-0.05, 0) is 49.4 Å². The predicted molar refractivity (Wildman–Crippen MR) is 77.4 cm³/mol. The first-order valence-corrected chi connectivity index (χ1v) is 7.41. The maximum absolute atomic E-state index is 5.98. The Kier molecular flexibility index (Phi) is 3.49. The summed E-state index contributed by atoms with van der Waals surface area (Å²) in [7, 11) is 0. The zero-order valence-corrected chi connectivity index (χ0v) is 11.7. The Hall–Kier alpha value is -0.730. The number of nitrogens with zero attached hydrogens (tertiary/aromatic N) is 1. The van der Waals surface area contributed by atoms with E-state index in [1.807, 2.05) is 12.1 Å². The van der Waals surface area contributed by atoms with Crippen LogP contribution in [0.4, 0.5) is 5.69 Å². The summed E-state index contributed by atoms with van der Waals surface area (Å²) in [6.07, 6.45) is 4.00. The highest BCUT2D eigenvalue weighted by atomic mass is 35.5. The zero-order valence-electron chi connectivity index (χ0n) is 10.9. The predicted octanol–water partition coefficient (Wildman–Crippen LogP) is 3.31. The van der Waals surface area contributed by atoms with Gasteiger partial charge in [-0.25, -0.2) is 0 Å². The number of halogens is 1. The SMILES string of the molecule is CCC1CNC(C2CC2)CN1c1ccc(Cl)cc1. The minimum Gasteiger partial charge on any atom is -0.366 e. The van der Waals surface area contributed by atoms with Gasteiger partial charge in [0.1, 0.15) is 0 Å². The van der Waals surface area contributed by atoms with E-state index in [2.05, 4.69) is 29.3 Å². The van der Waals surface area contributed by atoms with Gasteiger partial charge in [0.05, 0.1) is 0 Å². The van der Waals surface area contributed by atoms with E-state index < -0.39 is 0 Å². The van der Waals surface area contributed by atoms with Crippen LogP contribution in [0, 0.1) is 5.92 Å². The van der Waals surface area contributed by atoms with Crippen molar-refractivity contribution in [3.63, 3.8) is 0 Å². The Bertz CT molecular complexity index is 399. The third kappa shape index (κ3) is 2.50. The van der Waals surface area contributed by atoms with Crippen LogP contribution in [0.25, 0.3) is 0 Å². The third-order valence-electron chi connectivity index (χ3n) is 4.27. The van der Waals surface area contributed by atoms with E-state index in [4.69, 9.17) is 11.6 Å². The Morgan fingerprint density at radius 3 is 2.61 bits per heavy atom. The minimum absolute atomic E-state index is 0.612. The summed E-state index contributed by atoms with van der Waals surface area (Å²) in [4.78, 5) is 2.57. The molecule has 3 rings (SSSR count). The quantitative estimate of drug-likeness (QED) is 0.901. The molecule has 2 fully saturated rings. The highest BCUT2D eigenvalue weighted by molar-refractivity contribution is 6.30. The van der Waals surface area contributed by atoms with E-state index in [9.17, 15) is 0 Å². The average Bonchev–Trinajstić information content (AvgIpc) is 3.23. The molecule has 0 amide bonds. The lowest BCUT2D eigenvalue weighted by Gasteiger charge is -2.42. The molecular formula is C15H21ClN2. The van der Waals surface area contributed by atoms with Crippen LogP contribution in [-0.2, 0) is 0 Å². The highest BCUT2D eigenvalue weighted by Gasteiger charge is 2.36. The molecule has 1 aromatic carbocycles. The molecule has 1 N–H and O–H groups in total. The summed E-state index contributed by atoms with van der Waals surface area (Å²) in [5.41, 5.74) is 1.32. The van der Waals surface area contributed by atoms with Crippen molar-refractivity contribution in [2.45, 2.75) is 38.3 Å². The normalized spacial score (nSPS) is 28.4. The molecule has 0 bridgehead atoms. The van der Waals surface area contributed by atoms with Gasteiger partial charge in [0.15, 0.2) is 0 Å². The van der Waals surface area contributed by atoms with Crippen LogP contribution in [0.5, 0.6) is 0 Å². The molecule has 2 nitrogen and oxygen atoms in total. The fraction of sp³-hybridized carbons (Fsp3) is 0.600. The number of rotatable bonds is 3. The Labute approximate surface area is 114 Å². The molecule has 1 heterocycles. The van der Waals surface area contributed by atoms with Crippen molar-refractivity contribution in [3.05, 3.63) is 29.3 Å². The molecule has 1 saturated carbocycles. The Morgan fingerprint density at radius 2 is 2.00 bits per heavy atom. The third-order valence-corrected chi connectivity index (χ3v) is 4.52. The second kappa shape index (κ2) is 5.10. The van der Waals surface area contributed by atoms with Crippen LogP contribution >= 0.6 is 11.6 Å². The molecule has 2 unspecified atom stereocenters. The van der Waals surface area contributed by atoms with E-state index in [-0.39, 0.29) is 0 Å². The van der Waals surface area contributed by atoms with Crippen LogP contribution in [-0.4, -0.2) is 25.2 Å². The number of hydrogen-bond acceptors (Lipinski definition) is 2. The van der Waals surface area contributed by atoms with Crippen molar-refractivity contribution in [1.82, 2.24) is 5.32 Å². The standard InChI is InChI=1S/C15H21ClN2/c1-2-13-9-17-15(11-3-4-11)10-18(13)14-7-5-12(16)6-8-14/h5-8,11,13,15,17H,2-4,9-10H2,1H3. The molecule has 1 aliphatic carbocycles. The molecule has 3 heteroatoms. The van der Waals surface area contributed by atoms with Crippen molar-refractivity contribution in [2.75, 3.05) is 18.0 Å². The molecule has 1 aromatic rings. The van der Waals surface area contributed by atoms with Gasteiger partial charge in [-0.15, -0.1) is 0 Å². The fourth-order valence-corrected chi connectivity index (χ4v) is 3.08. The minimum atomic E-state index is 0.612. The number of piperazine rings is 1. The van der Waals surface area contributed by atoms with Crippen molar-refractivity contribution in [3.8, 4) is 0 Å². The first-order chi connectivity index (χ1) is 8.78. The summed E-state index contributed by atoms with van der Waals surface area (Å²) in [6.45, 7) is 4.53. The molecule has 2 aliphatic rings. The van der Waals surface area contributed by atoms with Gasteiger partial charge in [0, 0.05) is 35.9 Å². The van der Waals surface area contributed by atoms with Gasteiger partial charge in [0.25, 0.3) is 0 Å². The summed E-state index contributed by atoms with van der Waals surface area (Å²) in [5.74, 6) is 0.914. The van der Waals surface area contributed by atoms with Gasteiger partial charge in [-0.2, -0.15) is 0 Å². The highest BCUT2D eigenvalue weighted by Crippen LogP contribution is 2.35. The molecule has 18 heavy (non-hydrogen) atoms. The van der Waals surface area contributed by atoms with Gasteiger partial charge in [0.2, 0.25) is 0 Å². The van der Waals surface area contributed by atoms with Crippen LogP contribution in [0.15, 0.2) is 24.3 Å². The smallest absolute Gasteiger partial charge is 0.0412 e. The summed E-state index contributed by atoms with van der Waals surface area (Å²) < 4.78 is 0. The topological polar surface area (TPSA) is 15.3 Å². The maximum atomic E-state index is 5.98. The van der Waals surface area contributed by atoms with Crippen LogP contribution in [0.2, 0.25) is 5.02 Å². The van der Waals surface area contributed by atoms with E-state index in [1.165, 1.54) is 24.9 Å². The van der Waals surface area contributed by atoms with E-state index in [1.54, 1.807) is 0 Å². The molecule has 0 aromatic heterocycles. The number of nitrogens with one attached hydrogen (secondary N) is 1. The van der Waals surface area contributed by atoms with E-state index >= 15 is 0 Å². The lowest BCUT2D eigenvalue weighted by atomic mass is 10.0. The number of hydrogen-bond donors (Lipinski definition) is 1. The molecular weight excluding hydrogens is 244 g/mol. The Morgan fingerprint density at radius 1 is 1.28 bits per heavy atom. The van der Waals surface area contributed by atoms with Crippen LogP contribution in [0.3, 0.4) is 0 Å². The summed E-state index contributed by atoms with van der Waals surface area (Å²) in [6, 6.07) is 9.60. The summed E-state index contributed by atoms with van der Waals surface area (Å²) >= 11 is 5.98. The van der Waals surface area contributed by atoms with Crippen molar-refractivity contribution >= 4 is 17.3 Å². The molecule has 1 saturated heterocycles. The van der Waals surface area contributed by atoms with Gasteiger partial charge in [-0.3, -0.25) is 0 Å². The second-order valence-electron chi connectivity index (χ2n) is 5.54. The summed E-state index contributed by atoms with van der Waals surface area (Å²) in [5, 5.41) is 4.55.